The Morgan fingerprint density at radius 2 is 1.89 bits per heavy atom. The third kappa shape index (κ3) is 5.42. The predicted molar refractivity (Wildman–Crippen MR) is 125 cm³/mol. The molecule has 35 heavy (non-hydrogen) atoms. The number of pyridine rings is 1. The van der Waals surface area contributed by atoms with Crippen LogP contribution in [0, 0.1) is 13.8 Å². The van der Waals surface area contributed by atoms with Crippen molar-refractivity contribution >= 4 is 17.6 Å². The van der Waals surface area contributed by atoms with Crippen LogP contribution in [0.2, 0.25) is 5.02 Å². The summed E-state index contributed by atoms with van der Waals surface area (Å²) in [6.07, 6.45) is -2.97. The summed E-state index contributed by atoms with van der Waals surface area (Å²) in [7, 11) is 0. The van der Waals surface area contributed by atoms with Crippen molar-refractivity contribution in [1.82, 2.24) is 30.0 Å². The van der Waals surface area contributed by atoms with Crippen molar-refractivity contribution in [3.63, 3.8) is 0 Å². The number of aromatic nitrogens is 4. The molecular weight excluding hydrogens is 481 g/mol. The highest BCUT2D eigenvalue weighted by Crippen LogP contribution is 2.33. The monoisotopic (exact) mass is 506 g/mol. The number of alkyl halides is 3. The zero-order valence-corrected chi connectivity index (χ0v) is 20.4. The summed E-state index contributed by atoms with van der Waals surface area (Å²) in [6, 6.07) is 8.73. The van der Waals surface area contributed by atoms with E-state index in [9.17, 15) is 18.0 Å². The van der Waals surface area contributed by atoms with Gasteiger partial charge in [0.1, 0.15) is 11.5 Å². The standard InChI is InChI=1S/C24H26ClF3N6O/c1-14-19(10-11-21(29-14)24(26,27)28)15(2)30-23(35)33-12-4-5-20(33)22-32-31-16(3)34(22)13-17-6-8-18(25)9-7-17/h6-11,15,20H,4-5,12-13H2,1-3H3,(H,30,35)/t15-,20+/m0/s1. The highest BCUT2D eigenvalue weighted by atomic mass is 35.5. The Balaban J connectivity index is 1.51. The van der Waals surface area contributed by atoms with Crippen LogP contribution in [0.25, 0.3) is 0 Å². The van der Waals surface area contributed by atoms with E-state index in [1.807, 2.05) is 35.8 Å². The van der Waals surface area contributed by atoms with Crippen molar-refractivity contribution < 1.29 is 18.0 Å². The predicted octanol–water partition coefficient (Wildman–Crippen LogP) is 5.62. The van der Waals surface area contributed by atoms with E-state index in [0.717, 1.165) is 30.3 Å². The topological polar surface area (TPSA) is 75.9 Å². The van der Waals surface area contributed by atoms with Gasteiger partial charge in [-0.3, -0.25) is 0 Å². The van der Waals surface area contributed by atoms with Crippen molar-refractivity contribution in [1.29, 1.82) is 0 Å². The van der Waals surface area contributed by atoms with Crippen molar-refractivity contribution in [3.05, 3.63) is 75.6 Å². The van der Waals surface area contributed by atoms with Crippen molar-refractivity contribution in [2.24, 2.45) is 0 Å². The summed E-state index contributed by atoms with van der Waals surface area (Å²) in [5, 5.41) is 12.2. The minimum absolute atomic E-state index is 0.226. The smallest absolute Gasteiger partial charge is 0.331 e. The Kier molecular flexibility index (Phi) is 7.02. The molecule has 2 amide bonds. The van der Waals surface area contributed by atoms with Gasteiger partial charge >= 0.3 is 12.2 Å². The van der Waals surface area contributed by atoms with E-state index in [-0.39, 0.29) is 17.8 Å². The third-order valence-electron chi connectivity index (χ3n) is 6.25. The molecule has 1 N–H and O–H groups in total. The summed E-state index contributed by atoms with van der Waals surface area (Å²) >= 11 is 6.00. The Morgan fingerprint density at radius 3 is 2.54 bits per heavy atom. The van der Waals surface area contributed by atoms with E-state index in [0.29, 0.717) is 29.5 Å². The first-order chi connectivity index (χ1) is 16.5. The second-order valence-electron chi connectivity index (χ2n) is 8.71. The maximum absolute atomic E-state index is 13.2. The summed E-state index contributed by atoms with van der Waals surface area (Å²) in [4.78, 5) is 18.6. The molecule has 11 heteroatoms. The molecular formula is C24H26ClF3N6O. The molecule has 0 spiro atoms. The van der Waals surface area contributed by atoms with Gasteiger partial charge in [-0.25, -0.2) is 9.78 Å². The number of hydrogen-bond acceptors (Lipinski definition) is 4. The minimum Gasteiger partial charge on any atom is -0.331 e. The lowest BCUT2D eigenvalue weighted by atomic mass is 10.1. The highest BCUT2D eigenvalue weighted by molar-refractivity contribution is 6.30. The van der Waals surface area contributed by atoms with Crippen LogP contribution in [0.15, 0.2) is 36.4 Å². The third-order valence-corrected chi connectivity index (χ3v) is 6.51. The molecule has 1 aliphatic rings. The number of nitrogens with zero attached hydrogens (tertiary/aromatic N) is 5. The molecule has 1 fully saturated rings. The van der Waals surface area contributed by atoms with E-state index < -0.39 is 17.9 Å². The molecule has 4 rings (SSSR count). The highest BCUT2D eigenvalue weighted by Gasteiger charge is 2.35. The second kappa shape index (κ2) is 9.85. The average Bonchev–Trinajstić information content (AvgIpc) is 3.41. The van der Waals surface area contributed by atoms with Gasteiger partial charge in [-0.05, 0) is 62.9 Å². The van der Waals surface area contributed by atoms with Crippen LogP contribution in [0.5, 0.6) is 0 Å². The lowest BCUT2D eigenvalue weighted by Gasteiger charge is -2.27. The van der Waals surface area contributed by atoms with Gasteiger partial charge in [0, 0.05) is 17.3 Å². The molecule has 0 radical (unpaired) electrons. The molecule has 0 saturated carbocycles. The van der Waals surface area contributed by atoms with Crippen LogP contribution in [-0.2, 0) is 12.7 Å². The normalized spacial score (nSPS) is 17.0. The molecule has 2 atom stereocenters. The fourth-order valence-electron chi connectivity index (χ4n) is 4.42. The number of halogens is 4. The minimum atomic E-state index is -4.52. The molecule has 3 heterocycles. The summed E-state index contributed by atoms with van der Waals surface area (Å²) in [6.45, 7) is 6.19. The van der Waals surface area contributed by atoms with E-state index in [1.54, 1.807) is 11.8 Å². The fourth-order valence-corrected chi connectivity index (χ4v) is 4.55. The van der Waals surface area contributed by atoms with Crippen LogP contribution in [-0.4, -0.2) is 37.2 Å². The number of amides is 2. The number of carbonyl (C=O) groups is 1. The number of nitrogens with one attached hydrogen (secondary N) is 1. The number of likely N-dealkylation sites (tertiary alicyclic amines) is 1. The van der Waals surface area contributed by atoms with Gasteiger partial charge in [-0.2, -0.15) is 13.2 Å². The molecule has 186 valence electrons. The SMILES string of the molecule is Cc1nc(C(F)(F)F)ccc1[C@H](C)NC(=O)N1CCC[C@@H]1c1nnc(C)n1Cc1ccc(Cl)cc1. The van der Waals surface area contributed by atoms with Crippen molar-refractivity contribution in [2.75, 3.05) is 6.54 Å². The molecule has 1 aliphatic heterocycles. The van der Waals surface area contributed by atoms with Gasteiger partial charge in [-0.15, -0.1) is 10.2 Å². The largest absolute Gasteiger partial charge is 0.433 e. The Labute approximate surface area is 206 Å². The number of carbonyl (C=O) groups excluding carboxylic acids is 1. The molecule has 0 unspecified atom stereocenters. The molecule has 7 nitrogen and oxygen atoms in total. The Bertz CT molecular complexity index is 1210. The summed E-state index contributed by atoms with van der Waals surface area (Å²) < 4.78 is 40.8. The average molecular weight is 507 g/mol. The zero-order chi connectivity index (χ0) is 25.3. The van der Waals surface area contributed by atoms with Crippen LogP contribution in [0.3, 0.4) is 0 Å². The van der Waals surface area contributed by atoms with Gasteiger partial charge in [0.2, 0.25) is 0 Å². The van der Waals surface area contributed by atoms with E-state index in [2.05, 4.69) is 20.5 Å². The van der Waals surface area contributed by atoms with Gasteiger partial charge in [0.05, 0.1) is 18.6 Å². The number of aryl methyl sites for hydroxylation is 2. The van der Waals surface area contributed by atoms with E-state index in [4.69, 9.17) is 11.6 Å². The van der Waals surface area contributed by atoms with Gasteiger partial charge in [-0.1, -0.05) is 29.8 Å². The number of rotatable bonds is 5. The van der Waals surface area contributed by atoms with Crippen LogP contribution in [0.1, 0.15) is 66.0 Å². The van der Waals surface area contributed by atoms with Crippen LogP contribution in [0.4, 0.5) is 18.0 Å². The first-order valence-electron chi connectivity index (χ1n) is 11.3. The molecule has 2 aromatic heterocycles. The number of hydrogen-bond donors (Lipinski definition) is 1. The first-order valence-corrected chi connectivity index (χ1v) is 11.7. The summed E-state index contributed by atoms with van der Waals surface area (Å²) in [5.74, 6) is 1.44. The maximum Gasteiger partial charge on any atom is 0.433 e. The van der Waals surface area contributed by atoms with Crippen molar-refractivity contribution in [2.45, 2.75) is 58.4 Å². The molecule has 0 aliphatic carbocycles. The molecule has 1 aromatic carbocycles. The Morgan fingerprint density at radius 1 is 1.17 bits per heavy atom. The second-order valence-corrected chi connectivity index (χ2v) is 9.15. The van der Waals surface area contributed by atoms with Gasteiger partial charge in [0.15, 0.2) is 5.82 Å². The zero-order valence-electron chi connectivity index (χ0n) is 19.6. The Hall–Kier alpha value is -3.14. The number of urea groups is 1. The van der Waals surface area contributed by atoms with E-state index in [1.165, 1.54) is 13.0 Å². The fraction of sp³-hybridized carbons (Fsp3) is 0.417. The van der Waals surface area contributed by atoms with Gasteiger partial charge in [0.25, 0.3) is 0 Å². The summed E-state index contributed by atoms with van der Waals surface area (Å²) in [5.41, 5.74) is 0.839. The van der Waals surface area contributed by atoms with E-state index >= 15 is 0 Å². The molecule has 1 saturated heterocycles. The van der Waals surface area contributed by atoms with Crippen molar-refractivity contribution in [3.8, 4) is 0 Å². The number of benzene rings is 1. The van der Waals surface area contributed by atoms with Gasteiger partial charge < -0.3 is 14.8 Å². The lowest BCUT2D eigenvalue weighted by molar-refractivity contribution is -0.141. The molecule has 0 bridgehead atoms. The van der Waals surface area contributed by atoms with Crippen LogP contribution >= 0.6 is 11.6 Å². The molecule has 3 aromatic rings. The quantitative estimate of drug-likeness (QED) is 0.487. The first kappa shape index (κ1) is 25.0. The van der Waals surface area contributed by atoms with Crippen LogP contribution < -0.4 is 5.32 Å². The lowest BCUT2D eigenvalue weighted by Crippen LogP contribution is -2.41. The maximum atomic E-state index is 13.2.